The lowest BCUT2D eigenvalue weighted by Crippen LogP contribution is -2.31. The number of nitriles is 1. The normalized spacial score (nSPS) is 18.9. The van der Waals surface area contributed by atoms with Crippen LogP contribution in [0.2, 0.25) is 10.0 Å². The molecule has 1 fully saturated rings. The van der Waals surface area contributed by atoms with Crippen LogP contribution in [0, 0.1) is 11.3 Å². The first-order chi connectivity index (χ1) is 8.72. The fraction of sp³-hybridized carbons (Fsp3) is 0.462. The van der Waals surface area contributed by atoms with E-state index in [-0.39, 0.29) is 6.04 Å². The third-order valence-electron chi connectivity index (χ3n) is 3.12. The molecule has 1 saturated heterocycles. The van der Waals surface area contributed by atoms with E-state index in [1.54, 1.807) is 12.1 Å². The summed E-state index contributed by atoms with van der Waals surface area (Å²) in [6, 6.07) is 7.52. The Labute approximate surface area is 117 Å². The van der Waals surface area contributed by atoms with E-state index in [0.29, 0.717) is 10.0 Å². The van der Waals surface area contributed by atoms with Gasteiger partial charge < -0.3 is 5.32 Å². The number of halogens is 2. The molecule has 3 nitrogen and oxygen atoms in total. The highest BCUT2D eigenvalue weighted by atomic mass is 35.5. The minimum atomic E-state index is -0.250. The van der Waals surface area contributed by atoms with Gasteiger partial charge in [-0.2, -0.15) is 5.26 Å². The fourth-order valence-electron chi connectivity index (χ4n) is 2.17. The van der Waals surface area contributed by atoms with E-state index in [1.165, 1.54) is 0 Å². The molecule has 0 bridgehead atoms. The molecule has 1 aliphatic rings. The zero-order valence-electron chi connectivity index (χ0n) is 10.00. The molecule has 0 amide bonds. The molecule has 1 aromatic rings. The number of rotatable bonds is 2. The van der Waals surface area contributed by atoms with Gasteiger partial charge in [0.15, 0.2) is 0 Å². The first-order valence-corrected chi connectivity index (χ1v) is 6.77. The molecule has 2 rings (SSSR count). The van der Waals surface area contributed by atoms with Crippen molar-refractivity contribution in [2.75, 3.05) is 26.2 Å². The van der Waals surface area contributed by atoms with Crippen LogP contribution in [0.25, 0.3) is 0 Å². The van der Waals surface area contributed by atoms with Gasteiger partial charge in [-0.25, -0.2) is 0 Å². The second kappa shape index (κ2) is 6.40. The lowest BCUT2D eigenvalue weighted by Gasteiger charge is -2.25. The molecular weight excluding hydrogens is 269 g/mol. The van der Waals surface area contributed by atoms with Crippen LogP contribution in [0.1, 0.15) is 18.0 Å². The molecule has 1 atom stereocenters. The van der Waals surface area contributed by atoms with Gasteiger partial charge in [0.1, 0.15) is 6.04 Å². The highest BCUT2D eigenvalue weighted by molar-refractivity contribution is 6.42. The Morgan fingerprint density at radius 1 is 1.22 bits per heavy atom. The van der Waals surface area contributed by atoms with Gasteiger partial charge in [0.05, 0.1) is 16.1 Å². The Hall–Kier alpha value is -0.790. The van der Waals surface area contributed by atoms with Gasteiger partial charge >= 0.3 is 0 Å². The van der Waals surface area contributed by atoms with Crippen LogP contribution in [-0.4, -0.2) is 31.1 Å². The van der Waals surface area contributed by atoms with E-state index >= 15 is 0 Å². The summed E-state index contributed by atoms with van der Waals surface area (Å²) in [4.78, 5) is 2.18. The molecule has 0 aliphatic carbocycles. The summed E-state index contributed by atoms with van der Waals surface area (Å²) in [5, 5.41) is 13.8. The van der Waals surface area contributed by atoms with Gasteiger partial charge in [0.25, 0.3) is 0 Å². The number of hydrogen-bond donors (Lipinski definition) is 1. The van der Waals surface area contributed by atoms with Crippen LogP contribution in [0.15, 0.2) is 18.2 Å². The van der Waals surface area contributed by atoms with Crippen molar-refractivity contribution in [3.63, 3.8) is 0 Å². The maximum atomic E-state index is 9.40. The molecule has 0 spiro atoms. The number of hydrogen-bond acceptors (Lipinski definition) is 3. The number of nitrogens with zero attached hydrogens (tertiary/aromatic N) is 2. The van der Waals surface area contributed by atoms with Crippen molar-refractivity contribution >= 4 is 23.2 Å². The van der Waals surface area contributed by atoms with Gasteiger partial charge in [0, 0.05) is 19.6 Å². The van der Waals surface area contributed by atoms with E-state index in [0.717, 1.165) is 38.2 Å². The molecule has 1 aromatic carbocycles. The van der Waals surface area contributed by atoms with Crippen molar-refractivity contribution in [3.8, 4) is 6.07 Å². The maximum absolute atomic E-state index is 9.40. The average molecular weight is 284 g/mol. The van der Waals surface area contributed by atoms with E-state index < -0.39 is 0 Å². The monoisotopic (exact) mass is 283 g/mol. The third kappa shape index (κ3) is 3.15. The minimum Gasteiger partial charge on any atom is -0.315 e. The molecule has 96 valence electrons. The summed E-state index contributed by atoms with van der Waals surface area (Å²) < 4.78 is 0. The Balaban J connectivity index is 2.21. The highest BCUT2D eigenvalue weighted by Crippen LogP contribution is 2.28. The van der Waals surface area contributed by atoms with E-state index in [9.17, 15) is 5.26 Å². The van der Waals surface area contributed by atoms with Crippen LogP contribution >= 0.6 is 23.2 Å². The predicted molar refractivity (Wildman–Crippen MR) is 73.9 cm³/mol. The van der Waals surface area contributed by atoms with Gasteiger partial charge in [-0.3, -0.25) is 4.90 Å². The Bertz CT molecular complexity index is 448. The summed E-state index contributed by atoms with van der Waals surface area (Å²) in [6.07, 6.45) is 1.06. The lowest BCUT2D eigenvalue weighted by molar-refractivity contribution is 0.252. The minimum absolute atomic E-state index is 0.250. The van der Waals surface area contributed by atoms with Crippen molar-refractivity contribution < 1.29 is 0 Å². The molecule has 5 heteroatoms. The standard InChI is InChI=1S/C13H15Cl2N3/c14-11-3-2-10(8-12(11)15)13(9-16)18-6-1-4-17-5-7-18/h2-3,8,13,17H,1,4-7H2. The van der Waals surface area contributed by atoms with E-state index in [2.05, 4.69) is 16.3 Å². The fourth-order valence-corrected chi connectivity index (χ4v) is 2.48. The van der Waals surface area contributed by atoms with Gasteiger partial charge in [-0.05, 0) is 30.7 Å². The third-order valence-corrected chi connectivity index (χ3v) is 3.86. The molecule has 1 aliphatic heterocycles. The van der Waals surface area contributed by atoms with Crippen molar-refractivity contribution in [1.29, 1.82) is 5.26 Å². The summed E-state index contributed by atoms with van der Waals surface area (Å²) in [5.41, 5.74) is 0.911. The summed E-state index contributed by atoms with van der Waals surface area (Å²) in [7, 11) is 0. The average Bonchev–Trinajstić information content (AvgIpc) is 2.64. The Kier molecular flexibility index (Phi) is 4.85. The number of nitrogens with one attached hydrogen (secondary N) is 1. The molecule has 1 unspecified atom stereocenters. The summed E-state index contributed by atoms with van der Waals surface area (Å²) in [6.45, 7) is 3.72. The first kappa shape index (κ1) is 13.6. The topological polar surface area (TPSA) is 39.1 Å². The lowest BCUT2D eigenvalue weighted by atomic mass is 10.1. The molecular formula is C13H15Cl2N3. The Morgan fingerprint density at radius 3 is 2.78 bits per heavy atom. The van der Waals surface area contributed by atoms with Crippen molar-refractivity contribution in [1.82, 2.24) is 10.2 Å². The van der Waals surface area contributed by atoms with Crippen LogP contribution in [0.3, 0.4) is 0 Å². The van der Waals surface area contributed by atoms with Gasteiger partial charge in [0.2, 0.25) is 0 Å². The van der Waals surface area contributed by atoms with Crippen LogP contribution in [0.4, 0.5) is 0 Å². The molecule has 18 heavy (non-hydrogen) atoms. The number of benzene rings is 1. The largest absolute Gasteiger partial charge is 0.315 e. The molecule has 0 radical (unpaired) electrons. The van der Waals surface area contributed by atoms with Crippen LogP contribution in [0.5, 0.6) is 0 Å². The van der Waals surface area contributed by atoms with Crippen molar-refractivity contribution in [3.05, 3.63) is 33.8 Å². The zero-order valence-corrected chi connectivity index (χ0v) is 11.5. The second-order valence-electron chi connectivity index (χ2n) is 4.34. The summed E-state index contributed by atoms with van der Waals surface area (Å²) in [5.74, 6) is 0. The molecule has 0 saturated carbocycles. The van der Waals surface area contributed by atoms with E-state index in [4.69, 9.17) is 23.2 Å². The summed E-state index contributed by atoms with van der Waals surface area (Å²) >= 11 is 11.9. The zero-order chi connectivity index (χ0) is 13.0. The quantitative estimate of drug-likeness (QED) is 0.907. The van der Waals surface area contributed by atoms with E-state index in [1.807, 2.05) is 6.07 Å². The molecule has 1 N–H and O–H groups in total. The van der Waals surface area contributed by atoms with Gasteiger partial charge in [-0.15, -0.1) is 0 Å². The van der Waals surface area contributed by atoms with Crippen LogP contribution < -0.4 is 5.32 Å². The predicted octanol–water partition coefficient (Wildman–Crippen LogP) is 2.85. The Morgan fingerprint density at radius 2 is 2.06 bits per heavy atom. The maximum Gasteiger partial charge on any atom is 0.123 e. The first-order valence-electron chi connectivity index (χ1n) is 6.01. The van der Waals surface area contributed by atoms with Crippen LogP contribution in [-0.2, 0) is 0 Å². The smallest absolute Gasteiger partial charge is 0.123 e. The van der Waals surface area contributed by atoms with Crippen molar-refractivity contribution in [2.45, 2.75) is 12.5 Å². The molecule has 1 heterocycles. The second-order valence-corrected chi connectivity index (χ2v) is 5.16. The van der Waals surface area contributed by atoms with Crippen molar-refractivity contribution in [2.24, 2.45) is 0 Å². The van der Waals surface area contributed by atoms with Gasteiger partial charge in [-0.1, -0.05) is 29.3 Å². The highest BCUT2D eigenvalue weighted by Gasteiger charge is 2.21. The SMILES string of the molecule is N#CC(c1ccc(Cl)c(Cl)c1)N1CCCNCC1. The molecule has 0 aromatic heterocycles.